The quantitative estimate of drug-likeness (QED) is 0.335. The van der Waals surface area contributed by atoms with E-state index < -0.39 is 0 Å². The van der Waals surface area contributed by atoms with E-state index >= 15 is 0 Å². The van der Waals surface area contributed by atoms with Crippen molar-refractivity contribution in [3.8, 4) is 23.0 Å². The molecule has 36 heavy (non-hydrogen) atoms. The fourth-order valence-electron chi connectivity index (χ4n) is 4.82. The van der Waals surface area contributed by atoms with Crippen LogP contribution in [0.5, 0.6) is 23.0 Å². The lowest BCUT2D eigenvalue weighted by molar-refractivity contribution is -0.121. The van der Waals surface area contributed by atoms with Crippen LogP contribution in [0.4, 0.5) is 0 Å². The van der Waals surface area contributed by atoms with Crippen molar-refractivity contribution in [2.24, 2.45) is 0 Å². The van der Waals surface area contributed by atoms with Crippen molar-refractivity contribution in [3.63, 3.8) is 0 Å². The molecule has 1 aliphatic rings. The Labute approximate surface area is 210 Å². The summed E-state index contributed by atoms with van der Waals surface area (Å²) in [6, 6.07) is 17.8. The second-order valence-electron chi connectivity index (χ2n) is 8.77. The minimum Gasteiger partial charge on any atom is -0.497 e. The maximum absolute atomic E-state index is 13.3. The zero-order valence-corrected chi connectivity index (χ0v) is 20.7. The molecular formula is C29H30N2O5. The van der Waals surface area contributed by atoms with E-state index in [2.05, 4.69) is 35.4 Å². The first kappa shape index (κ1) is 23.6. The summed E-state index contributed by atoms with van der Waals surface area (Å²) < 4.78 is 22.0. The van der Waals surface area contributed by atoms with Crippen LogP contribution in [-0.2, 0) is 17.8 Å². The number of methoxy groups -OCH3 is 2. The summed E-state index contributed by atoms with van der Waals surface area (Å²) in [6.07, 6.45) is 3.20. The molecule has 186 valence electrons. The number of nitrogens with one attached hydrogen (secondary N) is 2. The number of para-hydroxylation sites is 1. The van der Waals surface area contributed by atoms with Crippen molar-refractivity contribution in [1.82, 2.24) is 10.3 Å². The van der Waals surface area contributed by atoms with Crippen molar-refractivity contribution in [2.75, 3.05) is 21.0 Å². The number of aromatic amines is 1. The summed E-state index contributed by atoms with van der Waals surface area (Å²) in [6.45, 7) is 2.76. The van der Waals surface area contributed by atoms with Crippen LogP contribution in [0.3, 0.4) is 0 Å². The Balaban J connectivity index is 1.45. The summed E-state index contributed by atoms with van der Waals surface area (Å²) >= 11 is 0. The fraction of sp³-hybridized carbons (Fsp3) is 0.276. The van der Waals surface area contributed by atoms with E-state index in [-0.39, 0.29) is 25.0 Å². The lowest BCUT2D eigenvalue weighted by Crippen LogP contribution is -2.25. The van der Waals surface area contributed by atoms with Gasteiger partial charge < -0.3 is 29.2 Å². The molecule has 0 spiro atoms. The maximum atomic E-state index is 13.3. The number of ether oxygens (including phenoxy) is 4. The van der Waals surface area contributed by atoms with E-state index in [1.54, 1.807) is 14.2 Å². The van der Waals surface area contributed by atoms with Crippen LogP contribution in [0.25, 0.3) is 10.9 Å². The maximum Gasteiger partial charge on any atom is 0.231 e. The number of aromatic nitrogens is 1. The van der Waals surface area contributed by atoms with E-state index in [1.807, 2.05) is 42.6 Å². The van der Waals surface area contributed by atoms with E-state index in [4.69, 9.17) is 18.9 Å². The summed E-state index contributed by atoms with van der Waals surface area (Å²) in [5.41, 5.74) is 5.28. The first-order valence-electron chi connectivity index (χ1n) is 12.1. The predicted molar refractivity (Wildman–Crippen MR) is 138 cm³/mol. The first-order chi connectivity index (χ1) is 17.6. The van der Waals surface area contributed by atoms with Gasteiger partial charge in [0.05, 0.1) is 14.2 Å². The van der Waals surface area contributed by atoms with Gasteiger partial charge in [-0.3, -0.25) is 4.79 Å². The zero-order valence-electron chi connectivity index (χ0n) is 20.7. The third-order valence-electron chi connectivity index (χ3n) is 6.72. The Morgan fingerprint density at radius 1 is 1.03 bits per heavy atom. The molecule has 3 aromatic carbocycles. The number of carbonyl (C=O) groups excluding carboxylic acids is 1. The van der Waals surface area contributed by atoms with Gasteiger partial charge in [-0.15, -0.1) is 0 Å². The van der Waals surface area contributed by atoms with Gasteiger partial charge in [-0.05, 0) is 41.3 Å². The van der Waals surface area contributed by atoms with Crippen LogP contribution in [0, 0.1) is 0 Å². The molecule has 7 heteroatoms. The van der Waals surface area contributed by atoms with Crippen LogP contribution < -0.4 is 24.3 Å². The van der Waals surface area contributed by atoms with Crippen molar-refractivity contribution in [1.29, 1.82) is 0 Å². The Bertz CT molecular complexity index is 1390. The highest BCUT2D eigenvalue weighted by atomic mass is 16.7. The van der Waals surface area contributed by atoms with Gasteiger partial charge in [0.2, 0.25) is 12.7 Å². The van der Waals surface area contributed by atoms with Gasteiger partial charge in [-0.25, -0.2) is 0 Å². The number of fused-ring (bicyclic) bond motifs is 2. The third kappa shape index (κ3) is 4.56. The third-order valence-corrected chi connectivity index (χ3v) is 6.72. The fourth-order valence-corrected chi connectivity index (χ4v) is 4.82. The summed E-state index contributed by atoms with van der Waals surface area (Å²) in [5, 5.41) is 4.18. The standard InChI is InChI=1S/C29H30N2O5/c1-4-19-6-5-7-22-24(16-31-29(19)22)23(21-10-9-20(33-2)13-26(21)34-3)14-28(32)30-15-18-8-11-25-27(12-18)36-17-35-25/h5-13,16,23,31H,4,14-15,17H2,1-3H3,(H,30,32). The normalized spacial score (nSPS) is 13.0. The molecule has 0 saturated carbocycles. The van der Waals surface area contributed by atoms with Crippen LogP contribution in [0.2, 0.25) is 0 Å². The van der Waals surface area contributed by atoms with Crippen LogP contribution in [-0.4, -0.2) is 31.9 Å². The van der Waals surface area contributed by atoms with E-state index in [0.717, 1.165) is 39.8 Å². The van der Waals surface area contributed by atoms with E-state index in [0.29, 0.717) is 23.8 Å². The molecule has 0 bridgehead atoms. The lowest BCUT2D eigenvalue weighted by atomic mass is 9.87. The molecule has 2 N–H and O–H groups in total. The highest BCUT2D eigenvalue weighted by molar-refractivity contribution is 5.88. The lowest BCUT2D eigenvalue weighted by Gasteiger charge is -2.20. The molecule has 1 amide bonds. The minimum atomic E-state index is -0.219. The van der Waals surface area contributed by atoms with Crippen molar-refractivity contribution < 1.29 is 23.7 Å². The zero-order chi connectivity index (χ0) is 25.1. The van der Waals surface area contributed by atoms with Gasteiger partial charge in [0.1, 0.15) is 11.5 Å². The minimum absolute atomic E-state index is 0.0588. The molecule has 7 nitrogen and oxygen atoms in total. The van der Waals surface area contributed by atoms with Crippen LogP contribution in [0.1, 0.15) is 41.5 Å². The molecular weight excluding hydrogens is 456 g/mol. The highest BCUT2D eigenvalue weighted by Gasteiger charge is 2.25. The molecule has 1 aliphatic heterocycles. The van der Waals surface area contributed by atoms with Crippen molar-refractivity contribution in [2.45, 2.75) is 32.2 Å². The van der Waals surface area contributed by atoms with E-state index in [9.17, 15) is 4.79 Å². The number of hydrogen-bond donors (Lipinski definition) is 2. The smallest absolute Gasteiger partial charge is 0.231 e. The summed E-state index contributed by atoms with van der Waals surface area (Å²) in [7, 11) is 3.26. The van der Waals surface area contributed by atoms with Gasteiger partial charge in [0, 0.05) is 47.6 Å². The predicted octanol–water partition coefficient (Wildman–Crippen LogP) is 5.31. The van der Waals surface area contributed by atoms with E-state index in [1.165, 1.54) is 5.56 Å². The summed E-state index contributed by atoms with van der Waals surface area (Å²) in [5.74, 6) is 2.54. The van der Waals surface area contributed by atoms with Crippen LogP contribution >= 0.6 is 0 Å². The molecule has 0 saturated heterocycles. The Hall–Kier alpha value is -4.13. The highest BCUT2D eigenvalue weighted by Crippen LogP contribution is 2.40. The second-order valence-corrected chi connectivity index (χ2v) is 8.77. The number of hydrogen-bond acceptors (Lipinski definition) is 5. The van der Waals surface area contributed by atoms with Crippen molar-refractivity contribution in [3.05, 3.63) is 83.0 Å². The molecule has 1 unspecified atom stereocenters. The Kier molecular flexibility index (Phi) is 6.71. The molecule has 0 aliphatic carbocycles. The number of amides is 1. The Morgan fingerprint density at radius 2 is 1.89 bits per heavy atom. The number of carbonyl (C=O) groups is 1. The largest absolute Gasteiger partial charge is 0.497 e. The number of rotatable bonds is 9. The van der Waals surface area contributed by atoms with Gasteiger partial charge in [0.25, 0.3) is 0 Å². The Morgan fingerprint density at radius 3 is 2.69 bits per heavy atom. The molecule has 1 atom stereocenters. The van der Waals surface area contributed by atoms with Gasteiger partial charge in [0.15, 0.2) is 11.5 Å². The topological polar surface area (TPSA) is 81.8 Å². The number of aryl methyl sites for hydroxylation is 1. The second kappa shape index (κ2) is 10.2. The number of benzene rings is 3. The average Bonchev–Trinajstić information content (AvgIpc) is 3.57. The van der Waals surface area contributed by atoms with Crippen LogP contribution in [0.15, 0.2) is 60.8 Å². The molecule has 4 aromatic rings. The van der Waals surface area contributed by atoms with Gasteiger partial charge >= 0.3 is 0 Å². The first-order valence-corrected chi connectivity index (χ1v) is 12.1. The molecule has 1 aromatic heterocycles. The average molecular weight is 487 g/mol. The van der Waals surface area contributed by atoms with Crippen molar-refractivity contribution >= 4 is 16.8 Å². The molecule has 2 heterocycles. The molecule has 5 rings (SSSR count). The SMILES string of the molecule is CCc1cccc2c(C(CC(=O)NCc3ccc4c(c3)OCO4)c3ccc(OC)cc3OC)c[nH]c12. The monoisotopic (exact) mass is 486 g/mol. The van der Waals surface area contributed by atoms with Gasteiger partial charge in [-0.2, -0.15) is 0 Å². The number of H-pyrrole nitrogens is 1. The molecule has 0 radical (unpaired) electrons. The summed E-state index contributed by atoms with van der Waals surface area (Å²) in [4.78, 5) is 16.7. The molecule has 0 fully saturated rings. The van der Waals surface area contributed by atoms with Gasteiger partial charge in [-0.1, -0.05) is 37.3 Å².